The summed E-state index contributed by atoms with van der Waals surface area (Å²) in [5.74, 6) is 1.23. The van der Waals surface area contributed by atoms with Crippen molar-refractivity contribution in [3.8, 4) is 0 Å². The number of H-pyrrole nitrogens is 1. The van der Waals surface area contributed by atoms with Crippen LogP contribution in [0, 0.1) is 6.92 Å². The van der Waals surface area contributed by atoms with Crippen LogP contribution in [-0.2, 0) is 0 Å². The maximum atomic E-state index is 12.6. The highest BCUT2D eigenvalue weighted by molar-refractivity contribution is 5.96. The van der Waals surface area contributed by atoms with E-state index in [4.69, 9.17) is 4.52 Å². The summed E-state index contributed by atoms with van der Waals surface area (Å²) in [4.78, 5) is 20.3. The lowest BCUT2D eigenvalue weighted by Gasteiger charge is -2.12. The molecule has 6 heteroatoms. The number of hydrogen-bond acceptors (Lipinski definition) is 4. The van der Waals surface area contributed by atoms with Crippen LogP contribution in [0.1, 0.15) is 60.4 Å². The smallest absolute Gasteiger partial charge is 0.257 e. The first kappa shape index (κ1) is 15.3. The van der Waals surface area contributed by atoms with E-state index in [9.17, 15) is 4.79 Å². The van der Waals surface area contributed by atoms with Gasteiger partial charge in [-0.25, -0.2) is 4.98 Å². The van der Waals surface area contributed by atoms with Crippen molar-refractivity contribution in [1.29, 1.82) is 0 Å². The molecule has 0 aliphatic rings. The highest BCUT2D eigenvalue weighted by atomic mass is 16.5. The molecule has 23 heavy (non-hydrogen) atoms. The van der Waals surface area contributed by atoms with Gasteiger partial charge in [0.2, 0.25) is 0 Å². The van der Waals surface area contributed by atoms with Crippen molar-refractivity contribution in [2.45, 2.75) is 39.7 Å². The molecule has 120 valence electrons. The highest BCUT2D eigenvalue weighted by Crippen LogP contribution is 2.23. The van der Waals surface area contributed by atoms with E-state index in [1.165, 1.54) is 0 Å². The van der Waals surface area contributed by atoms with Crippen molar-refractivity contribution in [3.05, 3.63) is 47.1 Å². The van der Waals surface area contributed by atoms with Crippen LogP contribution >= 0.6 is 0 Å². The van der Waals surface area contributed by atoms with Crippen LogP contribution in [0.3, 0.4) is 0 Å². The molecule has 2 aromatic heterocycles. The number of amides is 1. The lowest BCUT2D eigenvalue weighted by molar-refractivity contribution is 0.0935. The summed E-state index contributed by atoms with van der Waals surface area (Å²) in [6.07, 6.45) is 0. The van der Waals surface area contributed by atoms with Crippen molar-refractivity contribution in [2.75, 3.05) is 0 Å². The van der Waals surface area contributed by atoms with Crippen LogP contribution < -0.4 is 5.32 Å². The van der Waals surface area contributed by atoms with Gasteiger partial charge in [0.05, 0.1) is 22.8 Å². The van der Waals surface area contributed by atoms with Crippen LogP contribution in [0.25, 0.3) is 11.0 Å². The first-order valence-corrected chi connectivity index (χ1v) is 7.69. The number of nitrogens with zero attached hydrogens (tertiary/aromatic N) is 2. The molecule has 1 unspecified atom stereocenters. The zero-order valence-corrected chi connectivity index (χ0v) is 13.7. The Bertz CT molecular complexity index is 814. The van der Waals surface area contributed by atoms with E-state index < -0.39 is 0 Å². The Morgan fingerprint density at radius 3 is 2.70 bits per heavy atom. The van der Waals surface area contributed by atoms with Gasteiger partial charge in [0.15, 0.2) is 5.76 Å². The molecule has 3 rings (SSSR count). The number of nitrogens with one attached hydrogen (secondary N) is 2. The summed E-state index contributed by atoms with van der Waals surface area (Å²) in [5, 5.41) is 6.88. The molecular weight excluding hydrogens is 292 g/mol. The van der Waals surface area contributed by atoms with Crippen molar-refractivity contribution >= 4 is 16.9 Å². The molecule has 2 heterocycles. The Kier molecular flexibility index (Phi) is 3.90. The third-order valence-corrected chi connectivity index (χ3v) is 3.81. The van der Waals surface area contributed by atoms with E-state index in [1.807, 2.05) is 45.0 Å². The number of carbonyl (C=O) groups is 1. The van der Waals surface area contributed by atoms with Crippen LogP contribution in [0.2, 0.25) is 0 Å². The fraction of sp³-hybridized carbons (Fsp3) is 0.353. The van der Waals surface area contributed by atoms with Gasteiger partial charge in [0.1, 0.15) is 11.4 Å². The van der Waals surface area contributed by atoms with E-state index >= 15 is 0 Å². The van der Waals surface area contributed by atoms with E-state index in [2.05, 4.69) is 20.4 Å². The number of carbonyl (C=O) groups excluding carboxylic acids is 1. The number of para-hydroxylation sites is 2. The molecule has 1 atom stereocenters. The summed E-state index contributed by atoms with van der Waals surface area (Å²) < 4.78 is 5.28. The van der Waals surface area contributed by atoms with Gasteiger partial charge in [-0.2, -0.15) is 0 Å². The number of aromatic amines is 1. The number of fused-ring (bicyclic) bond motifs is 1. The number of aromatic nitrogens is 3. The van der Waals surface area contributed by atoms with Crippen LogP contribution in [0.15, 0.2) is 28.8 Å². The van der Waals surface area contributed by atoms with Gasteiger partial charge in [0.25, 0.3) is 5.91 Å². The van der Waals surface area contributed by atoms with Gasteiger partial charge in [-0.3, -0.25) is 4.79 Å². The first-order valence-electron chi connectivity index (χ1n) is 7.69. The van der Waals surface area contributed by atoms with Gasteiger partial charge in [-0.1, -0.05) is 31.1 Å². The SMILES string of the molecule is Cc1noc(C(C)C)c1C(=O)NC(C)c1nc2ccccc2[nH]1. The van der Waals surface area contributed by atoms with Gasteiger partial charge in [-0.15, -0.1) is 0 Å². The largest absolute Gasteiger partial charge is 0.360 e. The Morgan fingerprint density at radius 1 is 1.26 bits per heavy atom. The maximum absolute atomic E-state index is 12.6. The third kappa shape index (κ3) is 2.84. The van der Waals surface area contributed by atoms with Crippen molar-refractivity contribution in [2.24, 2.45) is 0 Å². The standard InChI is InChI=1S/C17H20N4O2/c1-9(2)15-14(10(3)21-23-15)17(22)18-11(4)16-19-12-7-5-6-8-13(12)20-16/h5-9,11H,1-4H3,(H,18,22)(H,19,20). The van der Waals surface area contributed by atoms with Gasteiger partial charge >= 0.3 is 0 Å². The van der Waals surface area contributed by atoms with Crippen LogP contribution in [-0.4, -0.2) is 21.0 Å². The molecule has 1 amide bonds. The van der Waals surface area contributed by atoms with Crippen LogP contribution in [0.5, 0.6) is 0 Å². The average molecular weight is 312 g/mol. The maximum Gasteiger partial charge on any atom is 0.257 e. The third-order valence-electron chi connectivity index (χ3n) is 3.81. The molecule has 6 nitrogen and oxygen atoms in total. The second kappa shape index (κ2) is 5.87. The molecule has 0 radical (unpaired) electrons. The van der Waals surface area contributed by atoms with E-state index in [0.29, 0.717) is 17.0 Å². The molecule has 0 bridgehead atoms. The fourth-order valence-corrected chi connectivity index (χ4v) is 2.57. The molecule has 0 aliphatic carbocycles. The van der Waals surface area contributed by atoms with Crippen molar-refractivity contribution in [1.82, 2.24) is 20.4 Å². The van der Waals surface area contributed by atoms with Gasteiger partial charge in [0, 0.05) is 5.92 Å². The Morgan fingerprint density at radius 2 is 2.00 bits per heavy atom. The van der Waals surface area contributed by atoms with E-state index in [1.54, 1.807) is 6.92 Å². The number of hydrogen-bond donors (Lipinski definition) is 2. The minimum absolute atomic E-state index is 0.0958. The number of benzene rings is 1. The summed E-state index contributed by atoms with van der Waals surface area (Å²) in [5.41, 5.74) is 2.95. The minimum atomic E-state index is -0.246. The molecular formula is C17H20N4O2. The predicted molar refractivity (Wildman–Crippen MR) is 87.3 cm³/mol. The Balaban J connectivity index is 1.83. The fourth-order valence-electron chi connectivity index (χ4n) is 2.57. The lowest BCUT2D eigenvalue weighted by atomic mass is 10.0. The second-order valence-corrected chi connectivity index (χ2v) is 6.00. The van der Waals surface area contributed by atoms with Crippen molar-refractivity contribution in [3.63, 3.8) is 0 Å². The molecule has 0 saturated carbocycles. The summed E-state index contributed by atoms with van der Waals surface area (Å²) in [7, 11) is 0. The van der Waals surface area contributed by atoms with Crippen molar-refractivity contribution < 1.29 is 9.32 Å². The zero-order valence-electron chi connectivity index (χ0n) is 13.7. The quantitative estimate of drug-likeness (QED) is 0.772. The lowest BCUT2D eigenvalue weighted by Crippen LogP contribution is -2.28. The normalized spacial score (nSPS) is 12.7. The highest BCUT2D eigenvalue weighted by Gasteiger charge is 2.24. The van der Waals surface area contributed by atoms with Crippen LogP contribution in [0.4, 0.5) is 0 Å². The second-order valence-electron chi connectivity index (χ2n) is 6.00. The summed E-state index contributed by atoms with van der Waals surface area (Å²) in [6.45, 7) is 7.61. The molecule has 0 fully saturated rings. The zero-order chi connectivity index (χ0) is 16.6. The Labute approximate surface area is 134 Å². The predicted octanol–water partition coefficient (Wildman–Crippen LogP) is 3.47. The summed E-state index contributed by atoms with van der Waals surface area (Å²) in [6, 6.07) is 7.53. The summed E-state index contributed by atoms with van der Waals surface area (Å²) >= 11 is 0. The number of aryl methyl sites for hydroxylation is 1. The van der Waals surface area contributed by atoms with E-state index in [0.717, 1.165) is 16.9 Å². The molecule has 1 aromatic carbocycles. The average Bonchev–Trinajstić information content (AvgIpc) is 3.10. The van der Waals surface area contributed by atoms with Gasteiger partial charge < -0.3 is 14.8 Å². The number of rotatable bonds is 4. The van der Waals surface area contributed by atoms with Gasteiger partial charge in [-0.05, 0) is 26.0 Å². The molecule has 0 saturated heterocycles. The minimum Gasteiger partial charge on any atom is -0.360 e. The number of imidazole rings is 1. The first-order chi connectivity index (χ1) is 11.0. The topological polar surface area (TPSA) is 83.8 Å². The molecule has 0 aliphatic heterocycles. The Hall–Kier alpha value is -2.63. The molecule has 3 aromatic rings. The monoisotopic (exact) mass is 312 g/mol. The molecule has 0 spiro atoms. The molecule has 2 N–H and O–H groups in total. The van der Waals surface area contributed by atoms with E-state index in [-0.39, 0.29) is 17.9 Å².